The molecular weight excluding hydrogens is 366 g/mol. The zero-order valence-electron chi connectivity index (χ0n) is 14.1. The first kappa shape index (κ1) is 17.1. The van der Waals surface area contributed by atoms with E-state index in [4.69, 9.17) is 0 Å². The van der Waals surface area contributed by atoms with Gasteiger partial charge in [0.2, 0.25) is 0 Å². The lowest BCUT2D eigenvalue weighted by atomic mass is 10.1. The molecule has 2 N–H and O–H groups in total. The molecule has 0 spiro atoms. The monoisotopic (exact) mass is 381 g/mol. The molecule has 0 radical (unpaired) electrons. The third kappa shape index (κ3) is 3.93. The standard InChI is InChI=1S/C18H15N5O3S/c24-17(22-18-21-15(10-27-18)12-2-1-7-19-9-12)11-3-6-14(20-13-4-5-13)16(8-11)23(25)26/h1-3,6-10,13,20H,4-5H2,(H,21,22,24). The smallest absolute Gasteiger partial charge is 0.293 e. The molecule has 1 aliphatic rings. The fourth-order valence-electron chi connectivity index (χ4n) is 2.54. The van der Waals surface area contributed by atoms with Crippen molar-refractivity contribution in [2.45, 2.75) is 18.9 Å². The minimum Gasteiger partial charge on any atom is -0.377 e. The molecule has 1 aliphatic carbocycles. The van der Waals surface area contributed by atoms with E-state index in [1.807, 2.05) is 17.5 Å². The third-order valence-electron chi connectivity index (χ3n) is 4.08. The van der Waals surface area contributed by atoms with Gasteiger partial charge in [0.05, 0.1) is 10.6 Å². The molecule has 27 heavy (non-hydrogen) atoms. The van der Waals surface area contributed by atoms with Gasteiger partial charge in [0.1, 0.15) is 5.69 Å². The van der Waals surface area contributed by atoms with Crippen LogP contribution in [0.1, 0.15) is 23.2 Å². The van der Waals surface area contributed by atoms with Crippen LogP contribution in [0.4, 0.5) is 16.5 Å². The Morgan fingerprint density at radius 2 is 2.15 bits per heavy atom. The summed E-state index contributed by atoms with van der Waals surface area (Å²) in [5, 5.41) is 19.4. The van der Waals surface area contributed by atoms with Crippen LogP contribution in [0.3, 0.4) is 0 Å². The normalized spacial score (nSPS) is 13.2. The highest BCUT2D eigenvalue weighted by atomic mass is 32.1. The number of aromatic nitrogens is 2. The summed E-state index contributed by atoms with van der Waals surface area (Å²) in [6, 6.07) is 8.41. The van der Waals surface area contributed by atoms with E-state index in [9.17, 15) is 14.9 Å². The molecule has 0 saturated heterocycles. The molecule has 2 aromatic heterocycles. The first-order valence-corrected chi connectivity index (χ1v) is 9.20. The van der Waals surface area contributed by atoms with Gasteiger partial charge in [0, 0.05) is 41.0 Å². The fraction of sp³-hybridized carbons (Fsp3) is 0.167. The van der Waals surface area contributed by atoms with Crippen LogP contribution in [0.15, 0.2) is 48.1 Å². The Balaban J connectivity index is 1.52. The number of amides is 1. The number of rotatable bonds is 6. The van der Waals surface area contributed by atoms with Gasteiger partial charge < -0.3 is 5.32 Å². The second-order valence-corrected chi connectivity index (χ2v) is 7.00. The predicted molar refractivity (Wildman–Crippen MR) is 103 cm³/mol. The summed E-state index contributed by atoms with van der Waals surface area (Å²) < 4.78 is 0. The molecular formula is C18H15N5O3S. The lowest BCUT2D eigenvalue weighted by Crippen LogP contribution is -2.13. The summed E-state index contributed by atoms with van der Waals surface area (Å²) >= 11 is 1.28. The lowest BCUT2D eigenvalue weighted by molar-refractivity contribution is -0.384. The molecule has 1 aromatic carbocycles. The van der Waals surface area contributed by atoms with Crippen LogP contribution in [0.2, 0.25) is 0 Å². The van der Waals surface area contributed by atoms with Crippen LogP contribution < -0.4 is 10.6 Å². The highest BCUT2D eigenvalue weighted by molar-refractivity contribution is 7.14. The summed E-state index contributed by atoms with van der Waals surface area (Å²) in [6.07, 6.45) is 5.37. The van der Waals surface area contributed by atoms with Crippen LogP contribution >= 0.6 is 11.3 Å². The zero-order chi connectivity index (χ0) is 18.8. The molecule has 8 nitrogen and oxygen atoms in total. The van der Waals surface area contributed by atoms with E-state index in [-0.39, 0.29) is 17.3 Å². The van der Waals surface area contributed by atoms with Crippen molar-refractivity contribution in [2.24, 2.45) is 0 Å². The largest absolute Gasteiger partial charge is 0.377 e. The zero-order valence-corrected chi connectivity index (χ0v) is 14.9. The highest BCUT2D eigenvalue weighted by Crippen LogP contribution is 2.32. The van der Waals surface area contributed by atoms with Crippen LogP contribution in [-0.2, 0) is 0 Å². The minimum absolute atomic E-state index is 0.107. The number of carbonyl (C=O) groups excluding carboxylic acids is 1. The number of hydrogen-bond acceptors (Lipinski definition) is 7. The molecule has 0 bridgehead atoms. The molecule has 9 heteroatoms. The summed E-state index contributed by atoms with van der Waals surface area (Å²) in [5.41, 5.74) is 2.09. The number of nitrogens with zero attached hydrogens (tertiary/aromatic N) is 3. The van der Waals surface area contributed by atoms with Crippen LogP contribution in [0.25, 0.3) is 11.3 Å². The molecule has 0 unspecified atom stereocenters. The van der Waals surface area contributed by atoms with Crippen LogP contribution in [0, 0.1) is 10.1 Å². The molecule has 1 amide bonds. The lowest BCUT2D eigenvalue weighted by Gasteiger charge is -2.07. The minimum atomic E-state index is -0.481. The molecule has 1 saturated carbocycles. The number of pyridine rings is 1. The SMILES string of the molecule is O=C(Nc1nc(-c2cccnc2)cs1)c1ccc(NC2CC2)c([N+](=O)[O-])c1. The highest BCUT2D eigenvalue weighted by Gasteiger charge is 2.25. The average Bonchev–Trinajstić information content (AvgIpc) is 3.37. The van der Waals surface area contributed by atoms with Crippen LogP contribution in [-0.4, -0.2) is 26.8 Å². The van der Waals surface area contributed by atoms with Crippen molar-refractivity contribution in [1.29, 1.82) is 0 Å². The number of hydrogen-bond donors (Lipinski definition) is 2. The molecule has 0 aliphatic heterocycles. The number of thiazole rings is 1. The van der Waals surface area contributed by atoms with E-state index in [1.54, 1.807) is 24.5 Å². The summed E-state index contributed by atoms with van der Waals surface area (Å²) in [7, 11) is 0. The Bertz CT molecular complexity index is 1000. The Morgan fingerprint density at radius 3 is 2.85 bits per heavy atom. The molecule has 4 rings (SSSR count). The molecule has 3 aromatic rings. The number of nitrogens with one attached hydrogen (secondary N) is 2. The number of benzene rings is 1. The van der Waals surface area contributed by atoms with E-state index in [0.717, 1.165) is 18.4 Å². The van der Waals surface area contributed by atoms with E-state index in [1.165, 1.54) is 17.4 Å². The van der Waals surface area contributed by atoms with Crippen molar-refractivity contribution in [3.05, 3.63) is 63.8 Å². The van der Waals surface area contributed by atoms with Gasteiger partial charge in [-0.25, -0.2) is 4.98 Å². The second kappa shape index (κ2) is 7.12. The summed E-state index contributed by atoms with van der Waals surface area (Å²) in [6.45, 7) is 0. The van der Waals surface area contributed by atoms with E-state index in [0.29, 0.717) is 16.5 Å². The Labute approximate surface area is 158 Å². The molecule has 1 fully saturated rings. The maximum Gasteiger partial charge on any atom is 0.293 e. The Morgan fingerprint density at radius 1 is 1.30 bits per heavy atom. The first-order chi connectivity index (χ1) is 13.1. The number of nitro benzene ring substituents is 1. The molecule has 0 atom stereocenters. The van der Waals surface area contributed by atoms with E-state index >= 15 is 0 Å². The number of carbonyl (C=O) groups is 1. The maximum atomic E-state index is 12.5. The van der Waals surface area contributed by atoms with Crippen LogP contribution in [0.5, 0.6) is 0 Å². The predicted octanol–water partition coefficient (Wildman–Crippen LogP) is 3.94. The summed E-state index contributed by atoms with van der Waals surface area (Å²) in [5.74, 6) is -0.442. The van der Waals surface area contributed by atoms with Crippen molar-refractivity contribution in [3.63, 3.8) is 0 Å². The maximum absolute atomic E-state index is 12.5. The topological polar surface area (TPSA) is 110 Å². The molecule has 2 heterocycles. The first-order valence-electron chi connectivity index (χ1n) is 8.32. The second-order valence-electron chi connectivity index (χ2n) is 6.14. The van der Waals surface area contributed by atoms with Crippen molar-refractivity contribution in [3.8, 4) is 11.3 Å². The number of nitro groups is 1. The fourth-order valence-corrected chi connectivity index (χ4v) is 3.26. The van der Waals surface area contributed by atoms with Crippen molar-refractivity contribution in [1.82, 2.24) is 9.97 Å². The van der Waals surface area contributed by atoms with Gasteiger partial charge in [-0.3, -0.25) is 25.2 Å². The van der Waals surface area contributed by atoms with Gasteiger partial charge in [0.25, 0.3) is 11.6 Å². The number of anilines is 2. The third-order valence-corrected chi connectivity index (χ3v) is 4.83. The van der Waals surface area contributed by atoms with Crippen molar-refractivity contribution < 1.29 is 9.72 Å². The van der Waals surface area contributed by atoms with Gasteiger partial charge in [0.15, 0.2) is 5.13 Å². The van der Waals surface area contributed by atoms with Gasteiger partial charge in [-0.2, -0.15) is 0 Å². The Hall–Kier alpha value is -3.33. The Kier molecular flexibility index (Phi) is 4.51. The van der Waals surface area contributed by atoms with E-state index in [2.05, 4.69) is 20.6 Å². The quantitative estimate of drug-likeness (QED) is 0.494. The van der Waals surface area contributed by atoms with Gasteiger partial charge in [-0.15, -0.1) is 11.3 Å². The molecule has 136 valence electrons. The van der Waals surface area contributed by atoms with Gasteiger partial charge in [-0.1, -0.05) is 0 Å². The van der Waals surface area contributed by atoms with Gasteiger partial charge >= 0.3 is 0 Å². The van der Waals surface area contributed by atoms with E-state index < -0.39 is 10.8 Å². The summed E-state index contributed by atoms with van der Waals surface area (Å²) in [4.78, 5) is 31.7. The van der Waals surface area contributed by atoms with Crippen molar-refractivity contribution in [2.75, 3.05) is 10.6 Å². The van der Waals surface area contributed by atoms with Crippen molar-refractivity contribution >= 4 is 33.8 Å². The van der Waals surface area contributed by atoms with Gasteiger partial charge in [-0.05, 0) is 37.1 Å². The average molecular weight is 381 g/mol.